The summed E-state index contributed by atoms with van der Waals surface area (Å²) in [5, 5.41) is 13.2. The lowest BCUT2D eigenvalue weighted by Gasteiger charge is -2.22. The van der Waals surface area contributed by atoms with E-state index in [-0.39, 0.29) is 20.3 Å². The smallest absolute Gasteiger partial charge is 0.00206 e. The first-order valence-corrected chi connectivity index (χ1v) is 15.2. The zero-order valence-corrected chi connectivity index (χ0v) is 25.1. The molecular weight excluding hydrogens is 528 g/mol. The Bertz CT molecular complexity index is 2220. The van der Waals surface area contributed by atoms with Crippen LogP contribution < -0.4 is 0 Å². The summed E-state index contributed by atoms with van der Waals surface area (Å²) in [7, 11) is 0. The highest BCUT2D eigenvalue weighted by Gasteiger charge is 2.19. The fourth-order valence-electron chi connectivity index (χ4n) is 6.63. The third-order valence-corrected chi connectivity index (χ3v) is 8.74. The lowest BCUT2D eigenvalue weighted by Crippen LogP contribution is -2.10. The molecule has 0 atom stereocenters. The van der Waals surface area contributed by atoms with Crippen molar-refractivity contribution in [3.8, 4) is 22.3 Å². The first-order chi connectivity index (χ1) is 20.5. The van der Waals surface area contributed by atoms with Gasteiger partial charge in [0.25, 0.3) is 0 Å². The molecule has 0 nitrogen and oxygen atoms in total. The summed E-state index contributed by atoms with van der Waals surface area (Å²) in [5.41, 5.74) is 6.61. The fourth-order valence-corrected chi connectivity index (χ4v) is 6.63. The summed E-state index contributed by atoms with van der Waals surface area (Å²) in [5.74, 6) is 0. The van der Waals surface area contributed by atoms with E-state index in [1.807, 2.05) is 13.8 Å². The third kappa shape index (κ3) is 4.89. The quantitative estimate of drug-likeness (QED) is 0.181. The molecule has 0 unspecified atom stereocenters. The van der Waals surface area contributed by atoms with Crippen molar-refractivity contribution in [1.29, 1.82) is 0 Å². The number of fused-ring (bicyclic) bond motifs is 2. The Kier molecular flexibility index (Phi) is 8.23. The fraction of sp³-hybridized carbons (Fsp3) is 0.182. The van der Waals surface area contributed by atoms with Crippen LogP contribution in [0.3, 0.4) is 0 Å². The Morgan fingerprint density at radius 2 is 0.886 bits per heavy atom. The molecule has 8 aromatic carbocycles. The number of rotatable bonds is 2. The monoisotopic (exact) mass is 572 g/mol. The second-order valence-electron chi connectivity index (χ2n) is 12.2. The lowest BCUT2D eigenvalue weighted by atomic mass is 9.82. The Labute approximate surface area is 263 Å². The van der Waals surface area contributed by atoms with E-state index in [0.29, 0.717) is 0 Å². The van der Waals surface area contributed by atoms with Crippen LogP contribution in [0.15, 0.2) is 127 Å². The van der Waals surface area contributed by atoms with E-state index in [0.717, 1.165) is 0 Å². The van der Waals surface area contributed by atoms with Gasteiger partial charge in [-0.15, -0.1) is 0 Å². The number of hydrogen-bond acceptors (Lipinski definition) is 0. The highest BCUT2D eigenvalue weighted by molar-refractivity contribution is 6.26. The molecule has 0 radical (unpaired) electrons. The minimum atomic E-state index is 0. The van der Waals surface area contributed by atoms with Gasteiger partial charge in [0, 0.05) is 0 Å². The van der Waals surface area contributed by atoms with Crippen LogP contribution in [0.1, 0.15) is 55.0 Å². The van der Waals surface area contributed by atoms with Gasteiger partial charge in [0.1, 0.15) is 0 Å². The summed E-state index contributed by atoms with van der Waals surface area (Å²) in [6.07, 6.45) is 0. The maximum Gasteiger partial charge on any atom is -0.00206 e. The Hall–Kier alpha value is -4.68. The molecule has 0 bridgehead atoms. The van der Waals surface area contributed by atoms with Gasteiger partial charge in [-0.2, -0.15) is 0 Å². The molecule has 0 aliphatic heterocycles. The molecule has 0 aromatic heterocycles. The van der Waals surface area contributed by atoms with Crippen molar-refractivity contribution in [1.82, 2.24) is 0 Å². The molecule has 44 heavy (non-hydrogen) atoms. The Balaban J connectivity index is 0.000000942. The predicted molar refractivity (Wildman–Crippen MR) is 200 cm³/mol. The van der Waals surface area contributed by atoms with Gasteiger partial charge in [-0.25, -0.2) is 0 Å². The molecule has 0 spiro atoms. The second kappa shape index (κ2) is 11.8. The molecule has 0 heteroatoms. The molecule has 8 rings (SSSR count). The predicted octanol–water partition coefficient (Wildman–Crippen LogP) is 13.8. The molecule has 0 saturated carbocycles. The van der Waals surface area contributed by atoms with Crippen molar-refractivity contribution in [2.24, 2.45) is 0 Å². The third-order valence-electron chi connectivity index (χ3n) is 8.74. The maximum absolute atomic E-state index is 2.39. The molecule has 0 fully saturated rings. The molecular formula is C44H44. The van der Waals surface area contributed by atoms with Crippen LogP contribution in [0, 0.1) is 0 Å². The van der Waals surface area contributed by atoms with E-state index in [1.54, 1.807) is 0 Å². The van der Waals surface area contributed by atoms with Crippen LogP contribution >= 0.6 is 0 Å². The Morgan fingerprint density at radius 1 is 0.386 bits per heavy atom. The van der Waals surface area contributed by atoms with E-state index in [1.165, 1.54) is 81.7 Å². The van der Waals surface area contributed by atoms with Gasteiger partial charge in [-0.1, -0.05) is 171 Å². The lowest BCUT2D eigenvalue weighted by molar-refractivity contribution is 0.591. The van der Waals surface area contributed by atoms with Crippen LogP contribution in [0.2, 0.25) is 0 Å². The van der Waals surface area contributed by atoms with Crippen molar-refractivity contribution >= 4 is 53.9 Å². The maximum atomic E-state index is 2.39. The first-order valence-electron chi connectivity index (χ1n) is 15.2. The molecule has 8 aromatic rings. The average Bonchev–Trinajstić information content (AvgIpc) is 3.03. The molecule has 0 saturated heterocycles. The average molecular weight is 573 g/mol. The molecule has 0 N–H and O–H groups in total. The van der Waals surface area contributed by atoms with E-state index in [2.05, 4.69) is 148 Å². The van der Waals surface area contributed by atoms with E-state index < -0.39 is 0 Å². The van der Waals surface area contributed by atoms with Gasteiger partial charge in [0.05, 0.1) is 0 Å². The van der Waals surface area contributed by atoms with Crippen molar-refractivity contribution in [3.63, 3.8) is 0 Å². The van der Waals surface area contributed by atoms with Crippen LogP contribution in [0.4, 0.5) is 0 Å². The summed E-state index contributed by atoms with van der Waals surface area (Å²) in [6, 6.07) is 47.6. The van der Waals surface area contributed by atoms with Crippen molar-refractivity contribution in [2.75, 3.05) is 0 Å². The minimum Gasteiger partial charge on any atom is -0.0776 e. The summed E-state index contributed by atoms with van der Waals surface area (Å²) in [6.45, 7) is 10.9. The van der Waals surface area contributed by atoms with Crippen molar-refractivity contribution in [3.05, 3.63) is 133 Å². The van der Waals surface area contributed by atoms with E-state index >= 15 is 0 Å². The Morgan fingerprint density at radius 3 is 1.59 bits per heavy atom. The molecule has 0 aliphatic rings. The van der Waals surface area contributed by atoms with Gasteiger partial charge in [-0.3, -0.25) is 0 Å². The number of benzene rings is 8. The highest BCUT2D eigenvalue weighted by Crippen LogP contribution is 2.43. The SMILES string of the molecule is C.C.CC.CC(C)(C)c1cc2ccc3ccc(-c4ccc(-c5ccc6ccccc6c5)c5ccccc45)c4ccc(c1)c2c34. The summed E-state index contributed by atoms with van der Waals surface area (Å²) < 4.78 is 0. The zero-order valence-electron chi connectivity index (χ0n) is 25.1. The first kappa shape index (κ1) is 30.8. The van der Waals surface area contributed by atoms with Crippen LogP contribution in [-0.4, -0.2) is 0 Å². The second-order valence-corrected chi connectivity index (χ2v) is 12.2. The standard InChI is InChI=1S/C40H30.C2H6.2CH4/c1-40(2,3)31-23-29-15-13-26-16-18-36(37-19-17-30(24-31)38(29)39(26)37)35-21-20-32(33-10-6-7-11-34(33)35)28-14-12-25-8-4-5-9-27(25)22-28;1-2;;/h4-24H,1-3H3;1-2H3;2*1H4. The highest BCUT2D eigenvalue weighted by atomic mass is 14.2. The molecule has 0 amide bonds. The van der Waals surface area contributed by atoms with Gasteiger partial charge in [0.15, 0.2) is 0 Å². The normalized spacial score (nSPS) is 11.4. The molecule has 0 heterocycles. The van der Waals surface area contributed by atoms with Crippen LogP contribution in [-0.2, 0) is 5.41 Å². The van der Waals surface area contributed by atoms with Crippen LogP contribution in [0.5, 0.6) is 0 Å². The van der Waals surface area contributed by atoms with Crippen molar-refractivity contribution < 1.29 is 0 Å². The number of hydrogen-bond donors (Lipinski definition) is 0. The molecule has 220 valence electrons. The zero-order chi connectivity index (χ0) is 29.0. The topological polar surface area (TPSA) is 0 Å². The van der Waals surface area contributed by atoms with Crippen LogP contribution in [0.25, 0.3) is 76.1 Å². The largest absolute Gasteiger partial charge is 0.0776 e. The van der Waals surface area contributed by atoms with Gasteiger partial charge >= 0.3 is 0 Å². The van der Waals surface area contributed by atoms with Crippen molar-refractivity contribution in [2.45, 2.75) is 54.9 Å². The minimum absolute atomic E-state index is 0. The van der Waals surface area contributed by atoms with E-state index in [4.69, 9.17) is 0 Å². The summed E-state index contributed by atoms with van der Waals surface area (Å²) in [4.78, 5) is 0. The van der Waals surface area contributed by atoms with E-state index in [9.17, 15) is 0 Å². The molecule has 0 aliphatic carbocycles. The van der Waals surface area contributed by atoms with Gasteiger partial charge in [-0.05, 0) is 93.2 Å². The van der Waals surface area contributed by atoms with Gasteiger partial charge < -0.3 is 0 Å². The summed E-state index contributed by atoms with van der Waals surface area (Å²) >= 11 is 0. The van der Waals surface area contributed by atoms with Gasteiger partial charge in [0.2, 0.25) is 0 Å².